The van der Waals surface area contributed by atoms with Crippen LogP contribution in [0.5, 0.6) is 5.75 Å². The van der Waals surface area contributed by atoms with E-state index in [0.29, 0.717) is 12.2 Å². The van der Waals surface area contributed by atoms with Crippen LogP contribution in [-0.4, -0.2) is 53.3 Å². The number of hydrogen-bond donors (Lipinski definition) is 0. The maximum atomic E-state index is 12.3. The number of benzene rings is 2. The quantitative estimate of drug-likeness (QED) is 0.661. The Morgan fingerprint density at radius 3 is 2.40 bits per heavy atom. The second kappa shape index (κ2) is 8.37. The molecule has 2 aromatic carbocycles. The predicted octanol–water partition coefficient (Wildman–Crippen LogP) is 3.04. The molecule has 0 N–H and O–H groups in total. The molecule has 0 unspecified atom stereocenters. The summed E-state index contributed by atoms with van der Waals surface area (Å²) < 4.78 is 5.53. The minimum absolute atomic E-state index is 0.238. The smallest absolute Gasteiger partial charge is 0.327 e. The number of ether oxygens (including phenoxy) is 1. The third-order valence-corrected chi connectivity index (χ3v) is 5.26. The van der Waals surface area contributed by atoms with Crippen molar-refractivity contribution in [2.24, 2.45) is 0 Å². The molecule has 3 amide bonds. The molecule has 1 heterocycles. The number of ketones is 1. The van der Waals surface area contributed by atoms with Crippen LogP contribution in [0.25, 0.3) is 11.1 Å². The van der Waals surface area contributed by atoms with Crippen molar-refractivity contribution >= 4 is 17.7 Å². The van der Waals surface area contributed by atoms with Gasteiger partial charge in [0.15, 0.2) is 5.78 Å². The van der Waals surface area contributed by atoms with E-state index in [4.69, 9.17) is 10.00 Å². The lowest BCUT2D eigenvalue weighted by Gasteiger charge is -2.22. The number of Topliss-reactive ketones (excluding diaryl/α,β-unsaturated/α-hetero) is 1. The fraction of sp³-hybridized carbons (Fsp3) is 0.304. The van der Waals surface area contributed by atoms with E-state index in [9.17, 15) is 14.4 Å². The van der Waals surface area contributed by atoms with E-state index < -0.39 is 17.5 Å². The number of carbonyl (C=O) groups excluding carboxylic acids is 3. The summed E-state index contributed by atoms with van der Waals surface area (Å²) in [5.74, 6) is -0.251. The van der Waals surface area contributed by atoms with Crippen LogP contribution in [0.1, 0.15) is 19.4 Å². The molecule has 30 heavy (non-hydrogen) atoms. The van der Waals surface area contributed by atoms with Crippen LogP contribution in [0.15, 0.2) is 48.5 Å². The first kappa shape index (κ1) is 21.1. The van der Waals surface area contributed by atoms with E-state index >= 15 is 0 Å². The summed E-state index contributed by atoms with van der Waals surface area (Å²) in [6.07, 6.45) is 0.353. The predicted molar refractivity (Wildman–Crippen MR) is 111 cm³/mol. The summed E-state index contributed by atoms with van der Waals surface area (Å²) >= 11 is 0. The molecule has 154 valence electrons. The average molecular weight is 405 g/mol. The van der Waals surface area contributed by atoms with Gasteiger partial charge in [-0.3, -0.25) is 14.5 Å². The third-order valence-electron chi connectivity index (χ3n) is 5.26. The number of imide groups is 1. The largest absolute Gasteiger partial charge is 0.486 e. The summed E-state index contributed by atoms with van der Waals surface area (Å²) in [6, 6.07) is 16.6. The van der Waals surface area contributed by atoms with Gasteiger partial charge >= 0.3 is 6.03 Å². The van der Waals surface area contributed by atoms with Crippen molar-refractivity contribution < 1.29 is 19.1 Å². The summed E-state index contributed by atoms with van der Waals surface area (Å²) in [5.41, 5.74) is 1.94. The molecule has 1 aliphatic heterocycles. The molecule has 1 fully saturated rings. The van der Waals surface area contributed by atoms with Crippen LogP contribution < -0.4 is 4.74 Å². The Morgan fingerprint density at radius 1 is 1.10 bits per heavy atom. The first-order valence-corrected chi connectivity index (χ1v) is 9.54. The summed E-state index contributed by atoms with van der Waals surface area (Å²) in [5, 5.41) is 8.84. The molecule has 7 heteroatoms. The first-order valence-electron chi connectivity index (χ1n) is 9.54. The summed E-state index contributed by atoms with van der Waals surface area (Å²) in [6.45, 7) is 2.74. The Balaban J connectivity index is 1.58. The summed E-state index contributed by atoms with van der Waals surface area (Å²) in [7, 11) is 1.54. The molecule has 0 aromatic heterocycles. The van der Waals surface area contributed by atoms with Crippen molar-refractivity contribution in [3.63, 3.8) is 0 Å². The minimum atomic E-state index is -0.960. The molecular weight excluding hydrogens is 382 g/mol. The van der Waals surface area contributed by atoms with Crippen LogP contribution in [0, 0.1) is 11.3 Å². The lowest BCUT2D eigenvalue weighted by molar-refractivity contribution is -0.135. The van der Waals surface area contributed by atoms with Gasteiger partial charge in [0, 0.05) is 7.05 Å². The van der Waals surface area contributed by atoms with Crippen molar-refractivity contribution in [2.45, 2.75) is 25.8 Å². The molecule has 0 radical (unpaired) electrons. The van der Waals surface area contributed by atoms with Gasteiger partial charge in [-0.25, -0.2) is 4.79 Å². The van der Waals surface area contributed by atoms with E-state index in [1.54, 1.807) is 33.0 Å². The standard InChI is InChI=1S/C23H23N3O4/c1-23(2)21(28)26(22(29)25(23)3)14-19(27)15-30-20-9-7-17(8-10-20)18-6-4-5-16(13-18)11-12-24/h4-10,13H,11,14-15H2,1-3H3. The van der Waals surface area contributed by atoms with E-state index in [0.717, 1.165) is 21.6 Å². The van der Waals surface area contributed by atoms with Gasteiger partial charge in [-0.05, 0) is 42.7 Å². The molecule has 7 nitrogen and oxygen atoms in total. The lowest BCUT2D eigenvalue weighted by atomic mass is 10.0. The molecule has 1 saturated heterocycles. The van der Waals surface area contributed by atoms with E-state index in [2.05, 4.69) is 6.07 Å². The van der Waals surface area contributed by atoms with Crippen molar-refractivity contribution in [1.82, 2.24) is 9.80 Å². The van der Waals surface area contributed by atoms with Gasteiger partial charge in [0.25, 0.3) is 5.91 Å². The number of hydrogen-bond acceptors (Lipinski definition) is 5. The van der Waals surface area contributed by atoms with E-state index in [-0.39, 0.29) is 18.9 Å². The Bertz CT molecular complexity index is 1020. The number of rotatable bonds is 7. The highest BCUT2D eigenvalue weighted by atomic mass is 16.5. The highest BCUT2D eigenvalue weighted by Gasteiger charge is 2.49. The van der Waals surface area contributed by atoms with E-state index in [1.807, 2.05) is 36.4 Å². The fourth-order valence-electron chi connectivity index (χ4n) is 3.20. The fourth-order valence-corrected chi connectivity index (χ4v) is 3.20. The third kappa shape index (κ3) is 4.18. The molecule has 3 rings (SSSR count). The Kier molecular flexibility index (Phi) is 5.88. The second-order valence-corrected chi connectivity index (χ2v) is 7.68. The topological polar surface area (TPSA) is 90.7 Å². The van der Waals surface area contributed by atoms with Crippen LogP contribution in [0.2, 0.25) is 0 Å². The molecule has 0 aliphatic carbocycles. The molecule has 2 aromatic rings. The molecular formula is C23H23N3O4. The Morgan fingerprint density at radius 2 is 1.80 bits per heavy atom. The normalized spacial score (nSPS) is 15.3. The summed E-state index contributed by atoms with van der Waals surface area (Å²) in [4.78, 5) is 39.1. The van der Waals surface area contributed by atoms with Crippen molar-refractivity contribution in [3.8, 4) is 22.9 Å². The average Bonchev–Trinajstić information content (AvgIpc) is 2.88. The number of nitriles is 1. The molecule has 0 spiro atoms. The second-order valence-electron chi connectivity index (χ2n) is 7.68. The van der Waals surface area contributed by atoms with Gasteiger partial charge < -0.3 is 9.64 Å². The number of urea groups is 1. The first-order chi connectivity index (χ1) is 14.2. The number of nitrogens with zero attached hydrogens (tertiary/aromatic N) is 3. The molecule has 0 saturated carbocycles. The van der Waals surface area contributed by atoms with Gasteiger partial charge in [-0.1, -0.05) is 36.4 Å². The lowest BCUT2D eigenvalue weighted by Crippen LogP contribution is -2.42. The van der Waals surface area contributed by atoms with Gasteiger partial charge in [-0.15, -0.1) is 0 Å². The molecule has 1 aliphatic rings. The number of likely N-dealkylation sites (N-methyl/N-ethyl adjacent to an activating group) is 1. The zero-order valence-electron chi connectivity index (χ0n) is 17.2. The highest BCUT2D eigenvalue weighted by molar-refractivity contribution is 6.08. The highest BCUT2D eigenvalue weighted by Crippen LogP contribution is 2.26. The molecule has 0 atom stereocenters. The Labute approximate surface area is 175 Å². The SMILES string of the molecule is CN1C(=O)N(CC(=O)COc2ccc(-c3cccc(CC#N)c3)cc2)C(=O)C1(C)C. The van der Waals surface area contributed by atoms with Gasteiger partial charge in [0.05, 0.1) is 19.0 Å². The number of amides is 3. The van der Waals surface area contributed by atoms with Gasteiger partial charge in [-0.2, -0.15) is 5.26 Å². The van der Waals surface area contributed by atoms with Crippen molar-refractivity contribution in [1.29, 1.82) is 5.26 Å². The maximum Gasteiger partial charge on any atom is 0.327 e. The monoisotopic (exact) mass is 405 g/mol. The minimum Gasteiger partial charge on any atom is -0.486 e. The number of carbonyl (C=O) groups is 3. The van der Waals surface area contributed by atoms with Gasteiger partial charge in [0.2, 0.25) is 0 Å². The van der Waals surface area contributed by atoms with Crippen molar-refractivity contribution in [2.75, 3.05) is 20.2 Å². The van der Waals surface area contributed by atoms with Crippen LogP contribution in [0.3, 0.4) is 0 Å². The zero-order chi connectivity index (χ0) is 21.9. The van der Waals surface area contributed by atoms with E-state index in [1.165, 1.54) is 4.90 Å². The maximum absolute atomic E-state index is 12.3. The van der Waals surface area contributed by atoms with Crippen LogP contribution in [0.4, 0.5) is 4.79 Å². The van der Waals surface area contributed by atoms with Crippen molar-refractivity contribution in [3.05, 3.63) is 54.1 Å². The zero-order valence-corrected chi connectivity index (χ0v) is 17.2. The van der Waals surface area contributed by atoms with Crippen LogP contribution in [-0.2, 0) is 16.0 Å². The van der Waals surface area contributed by atoms with Gasteiger partial charge in [0.1, 0.15) is 17.9 Å². The molecule has 0 bridgehead atoms. The van der Waals surface area contributed by atoms with Crippen LogP contribution >= 0.6 is 0 Å². The Hall–Kier alpha value is -3.66.